The standard InChI is InChI=1S/C12H12N2O2/c1-8(15)9-5-6-11(14-12(9)16)10-4-2-3-7-13-10/h2-8,15H,1H3,(H,14,16). The number of aromatic amines is 1. The SMILES string of the molecule is CC(O)c1ccc(-c2ccccn2)[nH]c1=O. The highest BCUT2D eigenvalue weighted by molar-refractivity contribution is 5.53. The van der Waals surface area contributed by atoms with Crippen LogP contribution in [0.4, 0.5) is 0 Å². The molecule has 0 saturated carbocycles. The lowest BCUT2D eigenvalue weighted by atomic mass is 10.1. The lowest BCUT2D eigenvalue weighted by Crippen LogP contribution is -2.15. The Labute approximate surface area is 92.6 Å². The van der Waals surface area contributed by atoms with Gasteiger partial charge in [-0.05, 0) is 31.2 Å². The summed E-state index contributed by atoms with van der Waals surface area (Å²) in [5, 5.41) is 9.33. The second-order valence-corrected chi connectivity index (χ2v) is 3.55. The number of rotatable bonds is 2. The molecule has 1 atom stereocenters. The summed E-state index contributed by atoms with van der Waals surface area (Å²) in [6.07, 6.45) is 0.900. The summed E-state index contributed by atoms with van der Waals surface area (Å²) in [5.74, 6) is 0. The maximum absolute atomic E-state index is 11.6. The molecule has 0 aromatic carbocycles. The van der Waals surface area contributed by atoms with Gasteiger partial charge < -0.3 is 10.1 Å². The molecule has 0 amide bonds. The molecule has 0 saturated heterocycles. The van der Waals surface area contributed by atoms with Crippen molar-refractivity contribution in [3.05, 3.63) is 52.4 Å². The summed E-state index contributed by atoms with van der Waals surface area (Å²) < 4.78 is 0. The summed E-state index contributed by atoms with van der Waals surface area (Å²) in [5.41, 5.74) is 1.43. The molecule has 4 heteroatoms. The number of H-pyrrole nitrogens is 1. The van der Waals surface area contributed by atoms with Crippen LogP contribution in [0.5, 0.6) is 0 Å². The number of hydrogen-bond donors (Lipinski definition) is 2. The molecular weight excluding hydrogens is 204 g/mol. The van der Waals surface area contributed by atoms with Gasteiger partial charge in [0.05, 0.1) is 17.5 Å². The third-order valence-corrected chi connectivity index (χ3v) is 2.33. The molecule has 2 aromatic rings. The van der Waals surface area contributed by atoms with E-state index in [4.69, 9.17) is 0 Å². The van der Waals surface area contributed by atoms with Crippen molar-refractivity contribution in [2.45, 2.75) is 13.0 Å². The van der Waals surface area contributed by atoms with Gasteiger partial charge in [0.15, 0.2) is 0 Å². The molecule has 2 rings (SSSR count). The normalized spacial score (nSPS) is 12.4. The first-order valence-corrected chi connectivity index (χ1v) is 5.01. The Morgan fingerprint density at radius 1 is 1.31 bits per heavy atom. The first-order chi connectivity index (χ1) is 7.68. The fourth-order valence-corrected chi connectivity index (χ4v) is 1.49. The Kier molecular flexibility index (Phi) is 2.83. The zero-order valence-corrected chi connectivity index (χ0v) is 8.84. The van der Waals surface area contributed by atoms with Crippen LogP contribution < -0.4 is 5.56 Å². The molecule has 0 aliphatic carbocycles. The van der Waals surface area contributed by atoms with Crippen molar-refractivity contribution < 1.29 is 5.11 Å². The highest BCUT2D eigenvalue weighted by Gasteiger charge is 2.07. The maximum Gasteiger partial charge on any atom is 0.254 e. The highest BCUT2D eigenvalue weighted by Crippen LogP contribution is 2.13. The Morgan fingerprint density at radius 3 is 2.69 bits per heavy atom. The van der Waals surface area contributed by atoms with Crippen molar-refractivity contribution in [3.63, 3.8) is 0 Å². The van der Waals surface area contributed by atoms with E-state index in [1.165, 1.54) is 0 Å². The Balaban J connectivity index is 2.47. The molecule has 2 heterocycles. The van der Waals surface area contributed by atoms with Gasteiger partial charge in [0, 0.05) is 11.8 Å². The molecule has 16 heavy (non-hydrogen) atoms. The van der Waals surface area contributed by atoms with Gasteiger partial charge in [0.25, 0.3) is 5.56 Å². The Bertz CT molecular complexity index is 532. The minimum Gasteiger partial charge on any atom is -0.388 e. The average molecular weight is 216 g/mol. The predicted octanol–water partition coefficient (Wildman–Crippen LogP) is 1.49. The van der Waals surface area contributed by atoms with E-state index < -0.39 is 6.10 Å². The van der Waals surface area contributed by atoms with Crippen LogP contribution in [-0.4, -0.2) is 15.1 Å². The fraction of sp³-hybridized carbons (Fsp3) is 0.167. The van der Waals surface area contributed by atoms with E-state index in [0.717, 1.165) is 0 Å². The fourth-order valence-electron chi connectivity index (χ4n) is 1.49. The number of aromatic nitrogens is 2. The molecule has 0 radical (unpaired) electrons. The minimum atomic E-state index is -0.762. The van der Waals surface area contributed by atoms with E-state index in [1.807, 2.05) is 18.2 Å². The zero-order chi connectivity index (χ0) is 11.5. The topological polar surface area (TPSA) is 66.0 Å². The van der Waals surface area contributed by atoms with E-state index in [2.05, 4.69) is 9.97 Å². The van der Waals surface area contributed by atoms with Gasteiger partial charge in [0.2, 0.25) is 0 Å². The zero-order valence-electron chi connectivity index (χ0n) is 8.84. The number of pyridine rings is 2. The number of aliphatic hydroxyl groups excluding tert-OH is 1. The molecule has 1 unspecified atom stereocenters. The van der Waals surface area contributed by atoms with Gasteiger partial charge in [-0.3, -0.25) is 9.78 Å². The smallest absolute Gasteiger partial charge is 0.254 e. The summed E-state index contributed by atoms with van der Waals surface area (Å²) >= 11 is 0. The Hall–Kier alpha value is -1.94. The number of nitrogens with zero attached hydrogens (tertiary/aromatic N) is 1. The van der Waals surface area contributed by atoms with Gasteiger partial charge >= 0.3 is 0 Å². The van der Waals surface area contributed by atoms with Gasteiger partial charge in [-0.25, -0.2) is 0 Å². The van der Waals surface area contributed by atoms with Crippen molar-refractivity contribution >= 4 is 0 Å². The summed E-state index contributed by atoms with van der Waals surface area (Å²) in [6, 6.07) is 8.83. The minimum absolute atomic E-state index is 0.279. The first-order valence-electron chi connectivity index (χ1n) is 5.01. The molecule has 0 aliphatic heterocycles. The van der Waals surface area contributed by atoms with Crippen LogP contribution in [0.25, 0.3) is 11.4 Å². The molecule has 0 bridgehead atoms. The van der Waals surface area contributed by atoms with Crippen molar-refractivity contribution in [1.29, 1.82) is 0 Å². The largest absolute Gasteiger partial charge is 0.388 e. The van der Waals surface area contributed by atoms with Crippen molar-refractivity contribution in [2.75, 3.05) is 0 Å². The van der Waals surface area contributed by atoms with E-state index >= 15 is 0 Å². The third-order valence-electron chi connectivity index (χ3n) is 2.33. The monoisotopic (exact) mass is 216 g/mol. The lowest BCUT2D eigenvalue weighted by molar-refractivity contribution is 0.197. The van der Waals surface area contributed by atoms with Gasteiger partial charge in [0.1, 0.15) is 0 Å². The van der Waals surface area contributed by atoms with Crippen LogP contribution in [0.15, 0.2) is 41.3 Å². The molecular formula is C12H12N2O2. The van der Waals surface area contributed by atoms with Gasteiger partial charge in [-0.1, -0.05) is 6.07 Å². The number of nitrogens with one attached hydrogen (secondary N) is 1. The van der Waals surface area contributed by atoms with Crippen LogP contribution in [-0.2, 0) is 0 Å². The highest BCUT2D eigenvalue weighted by atomic mass is 16.3. The van der Waals surface area contributed by atoms with E-state index in [1.54, 1.807) is 25.3 Å². The van der Waals surface area contributed by atoms with Crippen LogP contribution in [0.2, 0.25) is 0 Å². The summed E-state index contributed by atoms with van der Waals surface area (Å²) in [4.78, 5) is 18.4. The second kappa shape index (κ2) is 4.28. The van der Waals surface area contributed by atoms with E-state index in [9.17, 15) is 9.90 Å². The predicted molar refractivity (Wildman–Crippen MR) is 60.9 cm³/mol. The summed E-state index contributed by atoms with van der Waals surface area (Å²) in [6.45, 7) is 1.56. The second-order valence-electron chi connectivity index (χ2n) is 3.55. The van der Waals surface area contributed by atoms with Crippen molar-refractivity contribution in [1.82, 2.24) is 9.97 Å². The van der Waals surface area contributed by atoms with Crippen molar-refractivity contribution in [2.24, 2.45) is 0 Å². The molecule has 4 nitrogen and oxygen atoms in total. The molecule has 2 N–H and O–H groups in total. The van der Waals surface area contributed by atoms with Crippen LogP contribution in [0.1, 0.15) is 18.6 Å². The first kappa shape index (κ1) is 10.6. The average Bonchev–Trinajstić information content (AvgIpc) is 2.29. The maximum atomic E-state index is 11.6. The Morgan fingerprint density at radius 2 is 2.12 bits per heavy atom. The van der Waals surface area contributed by atoms with E-state index in [0.29, 0.717) is 17.0 Å². The molecule has 2 aromatic heterocycles. The molecule has 0 fully saturated rings. The van der Waals surface area contributed by atoms with Gasteiger partial charge in [-0.15, -0.1) is 0 Å². The third kappa shape index (κ3) is 2.01. The molecule has 82 valence electrons. The van der Waals surface area contributed by atoms with Crippen LogP contribution in [0, 0.1) is 0 Å². The number of aliphatic hydroxyl groups is 1. The van der Waals surface area contributed by atoms with Crippen LogP contribution in [0.3, 0.4) is 0 Å². The van der Waals surface area contributed by atoms with Crippen molar-refractivity contribution in [3.8, 4) is 11.4 Å². The quantitative estimate of drug-likeness (QED) is 0.799. The molecule has 0 spiro atoms. The molecule has 0 aliphatic rings. The van der Waals surface area contributed by atoms with Crippen LogP contribution >= 0.6 is 0 Å². The lowest BCUT2D eigenvalue weighted by Gasteiger charge is -2.05. The number of hydrogen-bond acceptors (Lipinski definition) is 3. The van der Waals surface area contributed by atoms with E-state index in [-0.39, 0.29) is 5.56 Å². The summed E-state index contributed by atoms with van der Waals surface area (Å²) in [7, 11) is 0. The van der Waals surface area contributed by atoms with Gasteiger partial charge in [-0.2, -0.15) is 0 Å².